The fourth-order valence-electron chi connectivity index (χ4n) is 3.58. The van der Waals surface area contributed by atoms with Crippen LogP contribution in [0, 0.1) is 11.8 Å². The van der Waals surface area contributed by atoms with Crippen molar-refractivity contribution in [1.29, 1.82) is 0 Å². The molecule has 124 valence electrons. The van der Waals surface area contributed by atoms with Crippen molar-refractivity contribution in [3.8, 4) is 0 Å². The Morgan fingerprint density at radius 2 is 1.77 bits per heavy atom. The number of amides is 2. The minimum Gasteiger partial charge on any atom is -0.481 e. The van der Waals surface area contributed by atoms with Crippen molar-refractivity contribution in [2.45, 2.75) is 70.4 Å². The maximum absolute atomic E-state index is 12.1. The van der Waals surface area contributed by atoms with Crippen LogP contribution in [-0.2, 0) is 14.4 Å². The van der Waals surface area contributed by atoms with Gasteiger partial charge in [0.2, 0.25) is 11.8 Å². The molecule has 0 radical (unpaired) electrons. The van der Waals surface area contributed by atoms with Crippen LogP contribution in [0.3, 0.4) is 0 Å². The van der Waals surface area contributed by atoms with Crippen LogP contribution < -0.4 is 10.6 Å². The zero-order valence-corrected chi connectivity index (χ0v) is 13.1. The van der Waals surface area contributed by atoms with Gasteiger partial charge in [-0.1, -0.05) is 19.3 Å². The molecule has 22 heavy (non-hydrogen) atoms. The molecule has 3 atom stereocenters. The van der Waals surface area contributed by atoms with E-state index in [4.69, 9.17) is 5.11 Å². The van der Waals surface area contributed by atoms with Crippen molar-refractivity contribution in [2.75, 3.05) is 0 Å². The Bertz CT molecular complexity index is 432. The molecule has 2 rings (SSSR count). The van der Waals surface area contributed by atoms with Gasteiger partial charge >= 0.3 is 5.97 Å². The molecule has 0 heterocycles. The van der Waals surface area contributed by atoms with Gasteiger partial charge in [-0.25, -0.2) is 0 Å². The lowest BCUT2D eigenvalue weighted by Gasteiger charge is -2.21. The van der Waals surface area contributed by atoms with E-state index in [1.54, 1.807) is 6.92 Å². The van der Waals surface area contributed by atoms with Gasteiger partial charge in [0.1, 0.15) is 6.04 Å². The predicted octanol–water partition coefficient (Wildman–Crippen LogP) is 1.44. The molecule has 0 bridgehead atoms. The maximum atomic E-state index is 12.1. The van der Waals surface area contributed by atoms with E-state index < -0.39 is 17.9 Å². The van der Waals surface area contributed by atoms with Crippen LogP contribution in [0.5, 0.6) is 0 Å². The van der Waals surface area contributed by atoms with E-state index in [9.17, 15) is 14.4 Å². The molecular weight excluding hydrogens is 284 g/mol. The van der Waals surface area contributed by atoms with Crippen molar-refractivity contribution in [3.63, 3.8) is 0 Å². The van der Waals surface area contributed by atoms with E-state index in [2.05, 4.69) is 10.6 Å². The zero-order chi connectivity index (χ0) is 16.1. The molecule has 2 fully saturated rings. The molecule has 0 spiro atoms. The van der Waals surface area contributed by atoms with Crippen LogP contribution in [0.1, 0.15) is 58.3 Å². The quantitative estimate of drug-likeness (QED) is 0.692. The first kappa shape index (κ1) is 16.8. The number of hydrogen-bond donors (Lipinski definition) is 3. The number of carbonyl (C=O) groups is 3. The minimum atomic E-state index is -0.860. The largest absolute Gasteiger partial charge is 0.481 e. The Morgan fingerprint density at radius 3 is 2.41 bits per heavy atom. The topological polar surface area (TPSA) is 95.5 Å². The van der Waals surface area contributed by atoms with E-state index in [1.807, 2.05) is 0 Å². The summed E-state index contributed by atoms with van der Waals surface area (Å²) in [6.45, 7) is 1.65. The fraction of sp³-hybridized carbons (Fsp3) is 0.812. The summed E-state index contributed by atoms with van der Waals surface area (Å²) in [5.74, 6) is -1.30. The molecule has 2 aliphatic rings. The summed E-state index contributed by atoms with van der Waals surface area (Å²) in [7, 11) is 0. The van der Waals surface area contributed by atoms with Gasteiger partial charge in [0.05, 0.1) is 5.92 Å². The number of carbonyl (C=O) groups excluding carboxylic acids is 2. The van der Waals surface area contributed by atoms with Gasteiger partial charge in [-0.3, -0.25) is 14.4 Å². The number of nitrogens with one attached hydrogen (secondary N) is 2. The van der Waals surface area contributed by atoms with Crippen LogP contribution >= 0.6 is 0 Å². The molecule has 2 amide bonds. The molecule has 2 aliphatic carbocycles. The van der Waals surface area contributed by atoms with Crippen molar-refractivity contribution in [1.82, 2.24) is 10.6 Å². The third-order valence-electron chi connectivity index (χ3n) is 4.88. The van der Waals surface area contributed by atoms with Gasteiger partial charge in [-0.05, 0) is 38.5 Å². The Labute approximate surface area is 131 Å². The van der Waals surface area contributed by atoms with Crippen molar-refractivity contribution >= 4 is 17.8 Å². The van der Waals surface area contributed by atoms with Gasteiger partial charge in [0.25, 0.3) is 0 Å². The summed E-state index contributed by atoms with van der Waals surface area (Å²) < 4.78 is 0. The summed E-state index contributed by atoms with van der Waals surface area (Å²) in [5, 5.41) is 14.6. The van der Waals surface area contributed by atoms with Crippen molar-refractivity contribution in [2.24, 2.45) is 11.8 Å². The smallest absolute Gasteiger partial charge is 0.308 e. The lowest BCUT2D eigenvalue weighted by atomic mass is 10.0. The first-order valence-electron chi connectivity index (χ1n) is 8.30. The molecule has 0 saturated heterocycles. The number of rotatable bonds is 6. The van der Waals surface area contributed by atoms with E-state index in [1.165, 1.54) is 12.8 Å². The standard InChI is InChI=1S/C16H26N2O4/c1-10(17-14(19)9-11-5-2-3-6-11)15(20)18-13-8-4-7-12(13)16(21)22/h10-13H,2-9H2,1H3,(H,17,19)(H,18,20)(H,21,22)/t10-,12-,13-/m0/s1. The van der Waals surface area contributed by atoms with Crippen molar-refractivity contribution in [3.05, 3.63) is 0 Å². The molecule has 6 heteroatoms. The highest BCUT2D eigenvalue weighted by Crippen LogP contribution is 2.27. The second-order valence-electron chi connectivity index (χ2n) is 6.63. The second kappa shape index (κ2) is 7.61. The van der Waals surface area contributed by atoms with E-state index in [0.717, 1.165) is 19.3 Å². The van der Waals surface area contributed by atoms with Crippen LogP contribution in [-0.4, -0.2) is 35.0 Å². The fourth-order valence-corrected chi connectivity index (χ4v) is 3.58. The number of carboxylic acids is 1. The summed E-state index contributed by atoms with van der Waals surface area (Å²) in [6.07, 6.45) is 7.14. The predicted molar refractivity (Wildman–Crippen MR) is 81.1 cm³/mol. The lowest BCUT2D eigenvalue weighted by molar-refractivity contribution is -0.142. The third-order valence-corrected chi connectivity index (χ3v) is 4.88. The van der Waals surface area contributed by atoms with Gasteiger partial charge in [0.15, 0.2) is 0 Å². The first-order chi connectivity index (χ1) is 10.5. The Kier molecular flexibility index (Phi) is 5.80. The monoisotopic (exact) mass is 310 g/mol. The highest BCUT2D eigenvalue weighted by atomic mass is 16.4. The van der Waals surface area contributed by atoms with E-state index in [-0.39, 0.29) is 17.9 Å². The average molecular weight is 310 g/mol. The SMILES string of the molecule is C[C@H](NC(=O)CC1CCCC1)C(=O)N[C@H]1CCC[C@@H]1C(=O)O. The molecule has 3 N–H and O–H groups in total. The second-order valence-corrected chi connectivity index (χ2v) is 6.63. The first-order valence-corrected chi connectivity index (χ1v) is 8.30. The van der Waals surface area contributed by atoms with E-state index in [0.29, 0.717) is 25.2 Å². The Morgan fingerprint density at radius 1 is 1.09 bits per heavy atom. The Balaban J connectivity index is 1.76. The van der Waals surface area contributed by atoms with E-state index >= 15 is 0 Å². The zero-order valence-electron chi connectivity index (χ0n) is 13.1. The molecule has 0 aromatic heterocycles. The molecule has 0 aromatic carbocycles. The minimum absolute atomic E-state index is 0.0873. The molecule has 0 aliphatic heterocycles. The van der Waals surface area contributed by atoms with Crippen LogP contribution in [0.15, 0.2) is 0 Å². The van der Waals surface area contributed by atoms with Gasteiger partial charge in [0, 0.05) is 12.5 Å². The highest BCUT2D eigenvalue weighted by molar-refractivity contribution is 5.88. The number of aliphatic carboxylic acids is 1. The molecular formula is C16H26N2O4. The summed E-state index contributed by atoms with van der Waals surface area (Å²) >= 11 is 0. The number of carboxylic acid groups (broad SMARTS) is 1. The van der Waals surface area contributed by atoms with Crippen LogP contribution in [0.25, 0.3) is 0 Å². The lowest BCUT2D eigenvalue weighted by Crippen LogP contribution is -2.50. The average Bonchev–Trinajstić information content (AvgIpc) is 3.09. The molecule has 0 unspecified atom stereocenters. The van der Waals surface area contributed by atoms with Gasteiger partial charge in [-0.15, -0.1) is 0 Å². The summed E-state index contributed by atoms with van der Waals surface area (Å²) in [5.41, 5.74) is 0. The number of hydrogen-bond acceptors (Lipinski definition) is 3. The molecule has 0 aromatic rings. The molecule has 6 nitrogen and oxygen atoms in total. The van der Waals surface area contributed by atoms with Crippen LogP contribution in [0.2, 0.25) is 0 Å². The summed E-state index contributed by atoms with van der Waals surface area (Å²) in [6, 6.07) is -0.942. The van der Waals surface area contributed by atoms with Crippen molar-refractivity contribution < 1.29 is 19.5 Å². The third kappa shape index (κ3) is 4.45. The van der Waals surface area contributed by atoms with Crippen LogP contribution in [0.4, 0.5) is 0 Å². The molecule has 2 saturated carbocycles. The normalized spacial score (nSPS) is 26.6. The highest BCUT2D eigenvalue weighted by Gasteiger charge is 2.34. The summed E-state index contributed by atoms with van der Waals surface area (Å²) in [4.78, 5) is 35.2. The van der Waals surface area contributed by atoms with Gasteiger partial charge < -0.3 is 15.7 Å². The maximum Gasteiger partial charge on any atom is 0.308 e. The Hall–Kier alpha value is -1.59. The van der Waals surface area contributed by atoms with Gasteiger partial charge in [-0.2, -0.15) is 0 Å².